The molecule has 0 amide bonds. The number of benzene rings is 1. The summed E-state index contributed by atoms with van der Waals surface area (Å²) in [6.07, 6.45) is 1.15. The number of aryl methyl sites for hydroxylation is 2. The summed E-state index contributed by atoms with van der Waals surface area (Å²) in [6, 6.07) is 6.71. The van der Waals surface area contributed by atoms with Gasteiger partial charge in [0.1, 0.15) is 0 Å². The van der Waals surface area contributed by atoms with E-state index in [4.69, 9.17) is 0 Å². The lowest BCUT2D eigenvalue weighted by Crippen LogP contribution is -2.29. The monoisotopic (exact) mass is 220 g/mol. The highest BCUT2D eigenvalue weighted by atomic mass is 15.1. The van der Waals surface area contributed by atoms with Crippen LogP contribution < -0.4 is 5.32 Å². The second-order valence-electron chi connectivity index (χ2n) is 4.59. The minimum absolute atomic E-state index is 1.06. The molecule has 0 aliphatic carbocycles. The molecule has 0 aliphatic heterocycles. The van der Waals surface area contributed by atoms with Crippen LogP contribution in [0.4, 0.5) is 0 Å². The third-order valence-electron chi connectivity index (χ3n) is 3.01. The second-order valence-corrected chi connectivity index (χ2v) is 4.59. The molecule has 0 spiro atoms. The Morgan fingerprint density at radius 2 is 1.94 bits per heavy atom. The molecule has 0 heterocycles. The zero-order valence-corrected chi connectivity index (χ0v) is 11.0. The van der Waals surface area contributed by atoms with Crippen LogP contribution in [0.3, 0.4) is 0 Å². The number of nitrogens with zero attached hydrogens (tertiary/aromatic N) is 1. The largest absolute Gasteiger partial charge is 0.318 e. The summed E-state index contributed by atoms with van der Waals surface area (Å²) in [6.45, 7) is 7.66. The first kappa shape index (κ1) is 13.2. The predicted molar refractivity (Wildman–Crippen MR) is 71.0 cm³/mol. The SMILES string of the molecule is CNCCN(C)CCc1cc(C)ccc1C. The molecule has 0 unspecified atom stereocenters. The fourth-order valence-electron chi connectivity index (χ4n) is 1.80. The van der Waals surface area contributed by atoms with Crippen molar-refractivity contribution in [2.24, 2.45) is 0 Å². The van der Waals surface area contributed by atoms with Crippen LogP contribution >= 0.6 is 0 Å². The highest BCUT2D eigenvalue weighted by molar-refractivity contribution is 5.30. The van der Waals surface area contributed by atoms with Crippen molar-refractivity contribution in [3.8, 4) is 0 Å². The van der Waals surface area contributed by atoms with Crippen LogP contribution in [0.2, 0.25) is 0 Å². The van der Waals surface area contributed by atoms with E-state index in [-0.39, 0.29) is 0 Å². The summed E-state index contributed by atoms with van der Waals surface area (Å²) < 4.78 is 0. The second kappa shape index (κ2) is 6.66. The van der Waals surface area contributed by atoms with E-state index >= 15 is 0 Å². The maximum Gasteiger partial charge on any atom is 0.0104 e. The van der Waals surface area contributed by atoms with Crippen molar-refractivity contribution >= 4 is 0 Å². The number of hydrogen-bond donors (Lipinski definition) is 1. The first-order valence-corrected chi connectivity index (χ1v) is 6.02. The van der Waals surface area contributed by atoms with Gasteiger partial charge in [-0.15, -0.1) is 0 Å². The van der Waals surface area contributed by atoms with E-state index in [2.05, 4.69) is 49.3 Å². The van der Waals surface area contributed by atoms with E-state index < -0.39 is 0 Å². The molecule has 2 heteroatoms. The lowest BCUT2D eigenvalue weighted by molar-refractivity contribution is 0.339. The number of hydrogen-bond acceptors (Lipinski definition) is 2. The zero-order valence-electron chi connectivity index (χ0n) is 11.0. The lowest BCUT2D eigenvalue weighted by atomic mass is 10.0. The van der Waals surface area contributed by atoms with Gasteiger partial charge < -0.3 is 10.2 Å². The summed E-state index contributed by atoms with van der Waals surface area (Å²) in [4.78, 5) is 2.37. The fourth-order valence-corrected chi connectivity index (χ4v) is 1.80. The van der Waals surface area contributed by atoms with Crippen LogP contribution in [-0.2, 0) is 6.42 Å². The normalized spacial score (nSPS) is 11.1. The van der Waals surface area contributed by atoms with Crippen molar-refractivity contribution in [2.45, 2.75) is 20.3 Å². The van der Waals surface area contributed by atoms with Gasteiger partial charge in [-0.1, -0.05) is 23.8 Å². The Balaban J connectivity index is 2.44. The van der Waals surface area contributed by atoms with Gasteiger partial charge in [0, 0.05) is 19.6 Å². The molecule has 0 atom stereocenters. The van der Waals surface area contributed by atoms with Gasteiger partial charge in [-0.05, 0) is 45.5 Å². The Morgan fingerprint density at radius 1 is 1.19 bits per heavy atom. The minimum atomic E-state index is 1.06. The Bertz CT molecular complexity index is 321. The highest BCUT2D eigenvalue weighted by Crippen LogP contribution is 2.11. The zero-order chi connectivity index (χ0) is 12.0. The van der Waals surface area contributed by atoms with Crippen LogP contribution in [0.15, 0.2) is 18.2 Å². The van der Waals surface area contributed by atoms with Gasteiger partial charge in [0.15, 0.2) is 0 Å². The van der Waals surface area contributed by atoms with Gasteiger partial charge in [0.2, 0.25) is 0 Å². The summed E-state index contributed by atoms with van der Waals surface area (Å²) in [5.41, 5.74) is 4.25. The van der Waals surface area contributed by atoms with E-state index in [1.165, 1.54) is 16.7 Å². The summed E-state index contributed by atoms with van der Waals surface area (Å²) in [5, 5.41) is 3.18. The molecule has 1 aromatic carbocycles. The third kappa shape index (κ3) is 4.33. The molecule has 0 radical (unpaired) electrons. The fraction of sp³-hybridized carbons (Fsp3) is 0.571. The van der Waals surface area contributed by atoms with Crippen molar-refractivity contribution in [1.82, 2.24) is 10.2 Å². The van der Waals surface area contributed by atoms with Gasteiger partial charge in [0.05, 0.1) is 0 Å². The van der Waals surface area contributed by atoms with E-state index in [1.807, 2.05) is 7.05 Å². The van der Waals surface area contributed by atoms with Crippen LogP contribution in [-0.4, -0.2) is 38.6 Å². The summed E-state index contributed by atoms with van der Waals surface area (Å²) in [5.74, 6) is 0. The molecule has 1 aromatic rings. The molecule has 16 heavy (non-hydrogen) atoms. The van der Waals surface area contributed by atoms with Gasteiger partial charge >= 0.3 is 0 Å². The maximum absolute atomic E-state index is 3.18. The van der Waals surface area contributed by atoms with Gasteiger partial charge in [0.25, 0.3) is 0 Å². The minimum Gasteiger partial charge on any atom is -0.318 e. The molecule has 0 aliphatic rings. The van der Waals surface area contributed by atoms with E-state index in [0.717, 1.165) is 26.1 Å². The first-order chi connectivity index (χ1) is 7.63. The maximum atomic E-state index is 3.18. The Hall–Kier alpha value is -0.860. The van der Waals surface area contributed by atoms with Crippen molar-refractivity contribution < 1.29 is 0 Å². The molecule has 2 nitrogen and oxygen atoms in total. The van der Waals surface area contributed by atoms with E-state index in [1.54, 1.807) is 0 Å². The molecule has 90 valence electrons. The summed E-state index contributed by atoms with van der Waals surface area (Å²) in [7, 11) is 4.18. The highest BCUT2D eigenvalue weighted by Gasteiger charge is 2.01. The smallest absolute Gasteiger partial charge is 0.0104 e. The van der Waals surface area contributed by atoms with E-state index in [9.17, 15) is 0 Å². The molecule has 0 bridgehead atoms. The molecule has 0 fully saturated rings. The summed E-state index contributed by atoms with van der Waals surface area (Å²) >= 11 is 0. The average molecular weight is 220 g/mol. The Kier molecular flexibility index (Phi) is 5.50. The number of rotatable bonds is 6. The molecule has 0 saturated heterocycles. The molecule has 0 saturated carbocycles. The quantitative estimate of drug-likeness (QED) is 0.789. The predicted octanol–water partition coefficient (Wildman–Crippen LogP) is 2.00. The third-order valence-corrected chi connectivity index (χ3v) is 3.01. The van der Waals surface area contributed by atoms with Gasteiger partial charge in [-0.2, -0.15) is 0 Å². The molecule has 1 rings (SSSR count). The lowest BCUT2D eigenvalue weighted by Gasteiger charge is -2.17. The molecule has 0 aromatic heterocycles. The van der Waals surface area contributed by atoms with Crippen LogP contribution in [0.5, 0.6) is 0 Å². The van der Waals surface area contributed by atoms with Crippen LogP contribution in [0.25, 0.3) is 0 Å². The standard InChI is InChI=1S/C14H24N2/c1-12-5-6-13(2)14(11-12)7-9-16(4)10-8-15-3/h5-6,11,15H,7-10H2,1-4H3. The number of nitrogens with one attached hydrogen (secondary N) is 1. The molecular weight excluding hydrogens is 196 g/mol. The molecule has 1 N–H and O–H groups in total. The number of likely N-dealkylation sites (N-methyl/N-ethyl adjacent to an activating group) is 2. The average Bonchev–Trinajstić information content (AvgIpc) is 2.27. The van der Waals surface area contributed by atoms with Gasteiger partial charge in [-0.25, -0.2) is 0 Å². The Labute approximate surface area is 99.7 Å². The van der Waals surface area contributed by atoms with Crippen molar-refractivity contribution in [3.05, 3.63) is 34.9 Å². The van der Waals surface area contributed by atoms with Crippen molar-refractivity contribution in [1.29, 1.82) is 0 Å². The first-order valence-electron chi connectivity index (χ1n) is 6.02. The Morgan fingerprint density at radius 3 is 2.62 bits per heavy atom. The van der Waals surface area contributed by atoms with Gasteiger partial charge in [-0.3, -0.25) is 0 Å². The van der Waals surface area contributed by atoms with E-state index in [0.29, 0.717) is 0 Å². The topological polar surface area (TPSA) is 15.3 Å². The van der Waals surface area contributed by atoms with Crippen LogP contribution in [0.1, 0.15) is 16.7 Å². The van der Waals surface area contributed by atoms with Crippen molar-refractivity contribution in [3.63, 3.8) is 0 Å². The molecular formula is C14H24N2. The van der Waals surface area contributed by atoms with Crippen LogP contribution in [0, 0.1) is 13.8 Å². The van der Waals surface area contributed by atoms with Crippen molar-refractivity contribution in [2.75, 3.05) is 33.7 Å².